The highest BCUT2D eigenvalue weighted by Gasteiger charge is 2.18. The summed E-state index contributed by atoms with van der Waals surface area (Å²) in [7, 11) is 0. The summed E-state index contributed by atoms with van der Waals surface area (Å²) in [6.07, 6.45) is -1.00. The first-order valence-corrected chi connectivity index (χ1v) is 7.47. The van der Waals surface area contributed by atoms with E-state index in [-0.39, 0.29) is 5.69 Å². The normalized spacial score (nSPS) is 11.2. The summed E-state index contributed by atoms with van der Waals surface area (Å²) >= 11 is 0. The van der Waals surface area contributed by atoms with Crippen LogP contribution in [0.3, 0.4) is 0 Å². The number of halogens is 2. The molecule has 0 aromatic heterocycles. The van der Waals surface area contributed by atoms with Crippen LogP contribution >= 0.6 is 0 Å². The minimum atomic E-state index is -1.00. The molecule has 0 unspecified atom stereocenters. The zero-order chi connectivity index (χ0) is 19.1. The summed E-state index contributed by atoms with van der Waals surface area (Å²) in [5, 5.41) is 10.9. The molecule has 134 valence electrons. The first-order chi connectivity index (χ1) is 12.4. The minimum Gasteiger partial charge on any atom is -0.479 e. The van der Waals surface area contributed by atoms with Crippen LogP contribution in [0, 0.1) is 23.0 Å². The maximum atomic E-state index is 13.4. The van der Waals surface area contributed by atoms with Gasteiger partial charge in [0.2, 0.25) is 0 Å². The van der Waals surface area contributed by atoms with E-state index in [1.165, 1.54) is 31.2 Å². The molecule has 0 aliphatic rings. The molecule has 0 fully saturated rings. The number of carbonyl (C=O) groups is 2. The number of ether oxygens (including phenoxy) is 2. The van der Waals surface area contributed by atoms with E-state index < -0.39 is 36.2 Å². The largest absolute Gasteiger partial charge is 0.479 e. The molecule has 1 amide bonds. The van der Waals surface area contributed by atoms with Gasteiger partial charge in [0.05, 0.1) is 17.3 Å². The van der Waals surface area contributed by atoms with Crippen LogP contribution in [-0.4, -0.2) is 24.6 Å². The van der Waals surface area contributed by atoms with Gasteiger partial charge in [-0.15, -0.1) is 0 Å². The van der Waals surface area contributed by atoms with E-state index in [4.69, 9.17) is 14.7 Å². The Balaban J connectivity index is 1.82. The molecule has 2 rings (SSSR count). The predicted molar refractivity (Wildman–Crippen MR) is 87.2 cm³/mol. The highest BCUT2D eigenvalue weighted by atomic mass is 19.1. The molecular weight excluding hydrogens is 346 g/mol. The van der Waals surface area contributed by atoms with Crippen LogP contribution in [0.25, 0.3) is 0 Å². The number of amides is 1. The third-order valence-electron chi connectivity index (χ3n) is 3.18. The molecule has 0 saturated heterocycles. The zero-order valence-electron chi connectivity index (χ0n) is 13.7. The Morgan fingerprint density at radius 2 is 1.88 bits per heavy atom. The number of benzene rings is 2. The Kier molecular flexibility index (Phi) is 6.22. The van der Waals surface area contributed by atoms with Gasteiger partial charge in [0, 0.05) is 6.07 Å². The van der Waals surface area contributed by atoms with Crippen molar-refractivity contribution >= 4 is 17.6 Å². The maximum absolute atomic E-state index is 13.4. The first kappa shape index (κ1) is 18.9. The summed E-state index contributed by atoms with van der Waals surface area (Å²) in [6, 6.07) is 10.7. The highest BCUT2D eigenvalue weighted by Crippen LogP contribution is 2.15. The second-order valence-electron chi connectivity index (χ2n) is 5.18. The van der Waals surface area contributed by atoms with E-state index in [1.54, 1.807) is 0 Å². The fraction of sp³-hybridized carbons (Fsp3) is 0.167. The number of nitrogens with one attached hydrogen (secondary N) is 1. The van der Waals surface area contributed by atoms with Gasteiger partial charge in [0.25, 0.3) is 5.91 Å². The van der Waals surface area contributed by atoms with Gasteiger partial charge in [0.15, 0.2) is 12.7 Å². The molecule has 0 spiro atoms. The van der Waals surface area contributed by atoms with E-state index in [2.05, 4.69) is 5.32 Å². The molecule has 1 atom stereocenters. The third-order valence-corrected chi connectivity index (χ3v) is 3.18. The fourth-order valence-corrected chi connectivity index (χ4v) is 1.89. The van der Waals surface area contributed by atoms with Gasteiger partial charge in [0.1, 0.15) is 17.4 Å². The van der Waals surface area contributed by atoms with Crippen molar-refractivity contribution in [3.05, 3.63) is 59.7 Å². The van der Waals surface area contributed by atoms with Gasteiger partial charge < -0.3 is 14.8 Å². The van der Waals surface area contributed by atoms with Crippen molar-refractivity contribution in [2.45, 2.75) is 13.0 Å². The number of hydrogen-bond donors (Lipinski definition) is 1. The molecule has 26 heavy (non-hydrogen) atoms. The van der Waals surface area contributed by atoms with Crippen LogP contribution < -0.4 is 10.1 Å². The SMILES string of the molecule is C[C@H](Oc1ccc(C#N)cc1)C(=O)OCC(=O)Nc1ccc(F)cc1F. The molecule has 0 aliphatic heterocycles. The summed E-state index contributed by atoms with van der Waals surface area (Å²) in [4.78, 5) is 23.5. The molecule has 0 aliphatic carbocycles. The van der Waals surface area contributed by atoms with Gasteiger partial charge >= 0.3 is 5.97 Å². The third kappa shape index (κ3) is 5.27. The van der Waals surface area contributed by atoms with E-state index in [9.17, 15) is 18.4 Å². The summed E-state index contributed by atoms with van der Waals surface area (Å²) in [5.74, 6) is -2.95. The molecule has 0 heterocycles. The molecule has 0 bridgehead atoms. The van der Waals surface area contributed by atoms with E-state index >= 15 is 0 Å². The van der Waals surface area contributed by atoms with Gasteiger partial charge in [-0.25, -0.2) is 13.6 Å². The molecule has 8 heteroatoms. The van der Waals surface area contributed by atoms with E-state index in [0.717, 1.165) is 12.1 Å². The molecule has 6 nitrogen and oxygen atoms in total. The average molecular weight is 360 g/mol. The van der Waals surface area contributed by atoms with E-state index in [0.29, 0.717) is 17.4 Å². The van der Waals surface area contributed by atoms with Crippen LogP contribution in [0.2, 0.25) is 0 Å². The number of nitrogens with zero attached hydrogens (tertiary/aromatic N) is 1. The maximum Gasteiger partial charge on any atom is 0.347 e. The lowest BCUT2D eigenvalue weighted by molar-refractivity contribution is -0.153. The molecule has 2 aromatic rings. The average Bonchev–Trinajstić information content (AvgIpc) is 2.62. The smallest absolute Gasteiger partial charge is 0.347 e. The first-order valence-electron chi connectivity index (χ1n) is 7.47. The van der Waals surface area contributed by atoms with Crippen molar-refractivity contribution in [3.8, 4) is 11.8 Å². The van der Waals surface area contributed by atoms with Crippen LogP contribution in [0.5, 0.6) is 5.75 Å². The molecule has 1 N–H and O–H groups in total. The van der Waals surface area contributed by atoms with Gasteiger partial charge in [-0.3, -0.25) is 4.79 Å². The summed E-state index contributed by atoms with van der Waals surface area (Å²) < 4.78 is 36.4. The fourth-order valence-electron chi connectivity index (χ4n) is 1.89. The predicted octanol–water partition coefficient (Wildman–Crippen LogP) is 2.79. The van der Waals surface area contributed by atoms with Crippen molar-refractivity contribution in [1.82, 2.24) is 0 Å². The molecular formula is C18H14F2N2O4. The Morgan fingerprint density at radius 1 is 1.19 bits per heavy atom. The van der Waals surface area contributed by atoms with Gasteiger partial charge in [-0.05, 0) is 43.3 Å². The summed E-state index contributed by atoms with van der Waals surface area (Å²) in [5.41, 5.74) is 0.214. The second kappa shape index (κ2) is 8.58. The molecule has 2 aromatic carbocycles. The summed E-state index contributed by atoms with van der Waals surface area (Å²) in [6.45, 7) is 0.773. The Labute approximate surface area is 148 Å². The van der Waals surface area contributed by atoms with E-state index in [1.807, 2.05) is 6.07 Å². The minimum absolute atomic E-state index is 0.227. The highest BCUT2D eigenvalue weighted by molar-refractivity contribution is 5.93. The van der Waals surface area contributed by atoms with Gasteiger partial charge in [-0.2, -0.15) is 5.26 Å². The van der Waals surface area contributed by atoms with Crippen molar-refractivity contribution < 1.29 is 27.8 Å². The second-order valence-corrected chi connectivity index (χ2v) is 5.18. The van der Waals surface area contributed by atoms with Crippen molar-refractivity contribution in [2.75, 3.05) is 11.9 Å². The Hall–Kier alpha value is -3.47. The molecule has 0 radical (unpaired) electrons. The monoisotopic (exact) mass is 360 g/mol. The lowest BCUT2D eigenvalue weighted by Gasteiger charge is -2.14. The van der Waals surface area contributed by atoms with Crippen molar-refractivity contribution in [1.29, 1.82) is 5.26 Å². The standard InChI is InChI=1S/C18H14F2N2O4/c1-11(26-14-5-2-12(9-21)3-6-14)18(24)25-10-17(23)22-16-7-4-13(19)8-15(16)20/h2-8,11H,10H2,1H3,(H,22,23)/t11-/m0/s1. The number of hydrogen-bond acceptors (Lipinski definition) is 5. The van der Waals surface area contributed by atoms with Crippen LogP contribution in [0.4, 0.5) is 14.5 Å². The van der Waals surface area contributed by atoms with Crippen LogP contribution in [-0.2, 0) is 14.3 Å². The number of esters is 1. The van der Waals surface area contributed by atoms with Gasteiger partial charge in [-0.1, -0.05) is 0 Å². The number of nitriles is 1. The van der Waals surface area contributed by atoms with Crippen LogP contribution in [0.1, 0.15) is 12.5 Å². The lowest BCUT2D eigenvalue weighted by atomic mass is 10.2. The van der Waals surface area contributed by atoms with Crippen molar-refractivity contribution in [2.24, 2.45) is 0 Å². The Morgan fingerprint density at radius 3 is 2.50 bits per heavy atom. The van der Waals surface area contributed by atoms with Crippen LogP contribution in [0.15, 0.2) is 42.5 Å². The molecule has 0 saturated carbocycles. The number of anilines is 1. The zero-order valence-corrected chi connectivity index (χ0v) is 13.7. The number of carbonyl (C=O) groups excluding carboxylic acids is 2. The van der Waals surface area contributed by atoms with Crippen molar-refractivity contribution in [3.63, 3.8) is 0 Å². The quantitative estimate of drug-likeness (QED) is 0.801. The lowest BCUT2D eigenvalue weighted by Crippen LogP contribution is -2.29. The topological polar surface area (TPSA) is 88.4 Å². The number of rotatable bonds is 6. The Bertz CT molecular complexity index is 847.